The molecule has 7 nitrogen and oxygen atoms in total. The van der Waals surface area contributed by atoms with E-state index < -0.39 is 14.9 Å². The fraction of sp³-hybridized carbons (Fsp3) is 0.250. The molecule has 0 unspecified atom stereocenters. The van der Waals surface area contributed by atoms with Gasteiger partial charge >= 0.3 is 0 Å². The maximum absolute atomic E-state index is 12.5. The van der Waals surface area contributed by atoms with Crippen molar-refractivity contribution in [3.05, 3.63) is 63.2 Å². The van der Waals surface area contributed by atoms with Crippen LogP contribution in [-0.2, 0) is 16.4 Å². The van der Waals surface area contributed by atoms with Crippen LogP contribution in [0.15, 0.2) is 41.3 Å². The quantitative estimate of drug-likeness (QED) is 0.450. The second kappa shape index (κ2) is 8.28. The number of nitrogens with two attached hydrogens (primary N) is 1. The van der Waals surface area contributed by atoms with Crippen LogP contribution in [0.1, 0.15) is 16.7 Å². The maximum Gasteiger partial charge on any atom is 0.270 e. The molecule has 0 aliphatic carbocycles. The highest BCUT2D eigenvalue weighted by molar-refractivity contribution is 7.89. The summed E-state index contributed by atoms with van der Waals surface area (Å²) in [5, 5.41) is 10.9. The van der Waals surface area contributed by atoms with Crippen LogP contribution >= 0.6 is 12.4 Å². The number of hydrogen-bond donors (Lipinski definition) is 2. The minimum atomic E-state index is -3.74. The monoisotopic (exact) mass is 385 g/mol. The maximum atomic E-state index is 12.5. The molecule has 2 aromatic carbocycles. The van der Waals surface area contributed by atoms with Crippen LogP contribution in [0, 0.1) is 24.0 Å². The summed E-state index contributed by atoms with van der Waals surface area (Å²) >= 11 is 0. The summed E-state index contributed by atoms with van der Waals surface area (Å²) in [5.41, 5.74) is 7.80. The van der Waals surface area contributed by atoms with E-state index in [0.717, 1.165) is 5.56 Å². The fourth-order valence-corrected chi connectivity index (χ4v) is 4.02. The molecule has 0 bridgehead atoms. The van der Waals surface area contributed by atoms with Crippen molar-refractivity contribution in [3.63, 3.8) is 0 Å². The molecule has 0 aromatic heterocycles. The van der Waals surface area contributed by atoms with Crippen LogP contribution < -0.4 is 10.5 Å². The third kappa shape index (κ3) is 5.15. The fourth-order valence-electron chi connectivity index (χ4n) is 2.54. The van der Waals surface area contributed by atoms with E-state index in [-0.39, 0.29) is 29.5 Å². The summed E-state index contributed by atoms with van der Waals surface area (Å²) in [6, 6.07) is 9.73. The van der Waals surface area contributed by atoms with Gasteiger partial charge in [0, 0.05) is 24.4 Å². The summed E-state index contributed by atoms with van der Waals surface area (Å²) in [4.78, 5) is 10.4. The normalized spacial score (nSPS) is 11.0. The Morgan fingerprint density at radius 1 is 1.12 bits per heavy atom. The molecular weight excluding hydrogens is 366 g/mol. The molecule has 0 radical (unpaired) electrons. The van der Waals surface area contributed by atoms with E-state index >= 15 is 0 Å². The van der Waals surface area contributed by atoms with Gasteiger partial charge in [-0.1, -0.05) is 12.1 Å². The number of halogens is 1. The van der Waals surface area contributed by atoms with Crippen molar-refractivity contribution < 1.29 is 13.3 Å². The Bertz CT molecular complexity index is 844. The number of rotatable bonds is 6. The number of nitro groups is 1. The molecule has 0 spiro atoms. The number of nitrogens with zero attached hydrogens (tertiary/aromatic N) is 1. The van der Waals surface area contributed by atoms with Crippen LogP contribution in [0.4, 0.5) is 11.4 Å². The van der Waals surface area contributed by atoms with Gasteiger partial charge in [0.1, 0.15) is 0 Å². The number of hydrogen-bond acceptors (Lipinski definition) is 5. The first-order valence-corrected chi connectivity index (χ1v) is 8.79. The predicted octanol–water partition coefficient (Wildman–Crippen LogP) is 2.74. The Balaban J connectivity index is 0.00000312. The van der Waals surface area contributed by atoms with E-state index in [0.29, 0.717) is 23.2 Å². The average molecular weight is 386 g/mol. The van der Waals surface area contributed by atoms with Crippen LogP contribution in [0.2, 0.25) is 0 Å². The van der Waals surface area contributed by atoms with Crippen LogP contribution in [0.25, 0.3) is 0 Å². The van der Waals surface area contributed by atoms with Crippen molar-refractivity contribution in [2.24, 2.45) is 0 Å². The Morgan fingerprint density at radius 3 is 2.12 bits per heavy atom. The number of aryl methyl sites for hydroxylation is 2. The van der Waals surface area contributed by atoms with Crippen molar-refractivity contribution in [3.8, 4) is 0 Å². The van der Waals surface area contributed by atoms with Crippen LogP contribution in [-0.4, -0.2) is 19.9 Å². The highest BCUT2D eigenvalue weighted by Gasteiger charge is 2.22. The minimum Gasteiger partial charge on any atom is -0.399 e. The molecule has 9 heteroatoms. The summed E-state index contributed by atoms with van der Waals surface area (Å²) in [5.74, 6) is 0. The van der Waals surface area contributed by atoms with Gasteiger partial charge in [0.05, 0.1) is 9.82 Å². The molecule has 0 amide bonds. The number of nitrogen functional groups attached to an aromatic ring is 1. The lowest BCUT2D eigenvalue weighted by atomic mass is 10.1. The van der Waals surface area contributed by atoms with Gasteiger partial charge in [-0.3, -0.25) is 10.1 Å². The Morgan fingerprint density at radius 2 is 1.64 bits per heavy atom. The topological polar surface area (TPSA) is 115 Å². The first kappa shape index (κ1) is 20.9. The molecule has 0 heterocycles. The van der Waals surface area contributed by atoms with E-state index in [9.17, 15) is 18.5 Å². The van der Waals surface area contributed by atoms with Gasteiger partial charge < -0.3 is 5.73 Å². The van der Waals surface area contributed by atoms with Gasteiger partial charge in [-0.05, 0) is 49.1 Å². The van der Waals surface area contributed by atoms with Gasteiger partial charge in [-0.25, -0.2) is 13.1 Å². The average Bonchev–Trinajstić information content (AvgIpc) is 2.48. The molecule has 0 saturated carbocycles. The molecule has 25 heavy (non-hydrogen) atoms. The number of sulfonamides is 1. The molecule has 3 N–H and O–H groups in total. The van der Waals surface area contributed by atoms with Crippen molar-refractivity contribution in [1.82, 2.24) is 4.72 Å². The minimum absolute atomic E-state index is 0. The second-order valence-electron chi connectivity index (χ2n) is 5.56. The molecule has 2 aromatic rings. The number of anilines is 1. The third-order valence-electron chi connectivity index (χ3n) is 3.61. The van der Waals surface area contributed by atoms with E-state index in [2.05, 4.69) is 4.72 Å². The third-order valence-corrected chi connectivity index (χ3v) is 5.38. The van der Waals surface area contributed by atoms with Crippen molar-refractivity contribution in [2.45, 2.75) is 25.2 Å². The lowest BCUT2D eigenvalue weighted by molar-refractivity contribution is -0.385. The smallest absolute Gasteiger partial charge is 0.270 e. The number of non-ortho nitro benzene ring substituents is 1. The summed E-state index contributed by atoms with van der Waals surface area (Å²) in [6.07, 6.45) is 0.518. The van der Waals surface area contributed by atoms with Gasteiger partial charge in [-0.15, -0.1) is 12.4 Å². The summed E-state index contributed by atoms with van der Waals surface area (Å²) in [7, 11) is -3.74. The van der Waals surface area contributed by atoms with E-state index in [1.807, 2.05) is 12.1 Å². The molecule has 0 aliphatic heterocycles. The zero-order valence-corrected chi connectivity index (χ0v) is 15.5. The van der Waals surface area contributed by atoms with E-state index in [4.69, 9.17) is 5.73 Å². The first-order chi connectivity index (χ1) is 11.2. The zero-order valence-electron chi connectivity index (χ0n) is 13.9. The van der Waals surface area contributed by atoms with Gasteiger partial charge in [0.2, 0.25) is 10.0 Å². The highest BCUT2D eigenvalue weighted by atomic mass is 35.5. The lowest BCUT2D eigenvalue weighted by Crippen LogP contribution is -2.27. The Labute approximate surface area is 152 Å². The van der Waals surface area contributed by atoms with Crippen LogP contribution in [0.3, 0.4) is 0 Å². The standard InChI is InChI=1S/C16H19N3O4S.ClH/c1-11-9-15(19(20)21)10-12(2)16(11)24(22,23)18-8-7-13-3-5-14(17)6-4-13;/h3-6,9-10,18H,7-8,17H2,1-2H3;1H. The molecule has 0 atom stereocenters. The second-order valence-corrected chi connectivity index (χ2v) is 7.26. The number of nitro benzene ring substituents is 1. The van der Waals surface area contributed by atoms with Crippen LogP contribution in [0.5, 0.6) is 0 Å². The van der Waals surface area contributed by atoms with E-state index in [1.165, 1.54) is 12.1 Å². The number of benzene rings is 2. The molecular formula is C16H20ClN3O4S. The lowest BCUT2D eigenvalue weighted by Gasteiger charge is -2.12. The summed E-state index contributed by atoms with van der Waals surface area (Å²) < 4.78 is 27.5. The zero-order chi connectivity index (χ0) is 17.9. The Hall–Kier alpha value is -2.16. The van der Waals surface area contributed by atoms with Gasteiger partial charge in [-0.2, -0.15) is 0 Å². The van der Waals surface area contributed by atoms with Gasteiger partial charge in [0.25, 0.3) is 5.69 Å². The summed E-state index contributed by atoms with van der Waals surface area (Å²) in [6.45, 7) is 3.32. The molecule has 0 saturated heterocycles. The van der Waals surface area contributed by atoms with E-state index in [1.54, 1.807) is 26.0 Å². The predicted molar refractivity (Wildman–Crippen MR) is 99.6 cm³/mol. The molecule has 0 fully saturated rings. The first-order valence-electron chi connectivity index (χ1n) is 7.30. The van der Waals surface area contributed by atoms with Crippen molar-refractivity contribution >= 4 is 33.8 Å². The number of nitrogens with one attached hydrogen (secondary N) is 1. The molecule has 2 rings (SSSR count). The largest absolute Gasteiger partial charge is 0.399 e. The van der Waals surface area contributed by atoms with Crippen molar-refractivity contribution in [2.75, 3.05) is 12.3 Å². The molecule has 0 aliphatic rings. The van der Waals surface area contributed by atoms with Crippen molar-refractivity contribution in [1.29, 1.82) is 0 Å². The highest BCUT2D eigenvalue weighted by Crippen LogP contribution is 2.25. The molecule has 136 valence electrons. The van der Waals surface area contributed by atoms with Gasteiger partial charge in [0.15, 0.2) is 0 Å². The Kier molecular flexibility index (Phi) is 6.92. The SMILES string of the molecule is Cc1cc([N+](=O)[O-])cc(C)c1S(=O)(=O)NCCc1ccc(N)cc1.Cl.